The maximum atomic E-state index is 11.2. The van der Waals surface area contributed by atoms with E-state index in [0.29, 0.717) is 0 Å². The molecule has 0 aliphatic rings. The Hall–Kier alpha value is 0.459. The zero-order valence-electron chi connectivity index (χ0n) is 11.9. The molecule has 0 unspecified atom stereocenters. The quantitative estimate of drug-likeness (QED) is 0.211. The zero-order valence-corrected chi connectivity index (χ0v) is 11.9. The summed E-state index contributed by atoms with van der Waals surface area (Å²) < 4.78 is 8.75. The Morgan fingerprint density at radius 3 is 1.23 bits per heavy atom. The number of hydrogen-bond donors (Lipinski definition) is 0. The van der Waals surface area contributed by atoms with Gasteiger partial charge < -0.3 is 9.47 Å². The van der Waals surface area contributed by atoms with Crippen molar-refractivity contribution < 1.29 is 28.7 Å². The van der Waals surface area contributed by atoms with E-state index in [9.17, 15) is 19.2 Å². The van der Waals surface area contributed by atoms with E-state index in [4.69, 9.17) is 0 Å². The second kappa shape index (κ2) is 15.0. The standard InChI is InChI=1S/C12H18N2O6.2Ca.4H/c1-13(2)7-11(17)19-9(15)5-6-10(16)20-12(18)8-14(3)4;;;;;;/h5-6H,7-8H2,1-4H3;;;;;;/b6-5+;;;;;;. The van der Waals surface area contributed by atoms with Crippen molar-refractivity contribution in [3.63, 3.8) is 0 Å². The Morgan fingerprint density at radius 1 is 0.727 bits per heavy atom. The molecule has 0 bridgehead atoms. The second-order valence-electron chi connectivity index (χ2n) is 4.40. The summed E-state index contributed by atoms with van der Waals surface area (Å²) in [4.78, 5) is 47.6. The number of esters is 4. The van der Waals surface area contributed by atoms with Gasteiger partial charge in [0.15, 0.2) is 0 Å². The van der Waals surface area contributed by atoms with Crippen LogP contribution in [0.15, 0.2) is 12.2 Å². The van der Waals surface area contributed by atoms with Gasteiger partial charge in [-0.05, 0) is 28.2 Å². The molecule has 0 saturated heterocycles. The number of likely N-dealkylation sites (N-methyl/N-ethyl adjacent to an activating group) is 2. The van der Waals surface area contributed by atoms with Crippen LogP contribution in [0.3, 0.4) is 0 Å². The van der Waals surface area contributed by atoms with E-state index in [-0.39, 0.29) is 88.6 Å². The van der Waals surface area contributed by atoms with E-state index in [1.807, 2.05) is 0 Å². The Kier molecular flexibility index (Phi) is 18.6. The van der Waals surface area contributed by atoms with Gasteiger partial charge in [-0.15, -0.1) is 0 Å². The monoisotopic (exact) mass is 370 g/mol. The van der Waals surface area contributed by atoms with E-state index in [2.05, 4.69) is 9.47 Å². The van der Waals surface area contributed by atoms with Gasteiger partial charge >= 0.3 is 99.4 Å². The summed E-state index contributed by atoms with van der Waals surface area (Å²) in [6.45, 7) is -0.128. The van der Waals surface area contributed by atoms with Crippen LogP contribution in [0, 0.1) is 0 Å². The van der Waals surface area contributed by atoms with Gasteiger partial charge in [-0.2, -0.15) is 0 Å². The van der Waals surface area contributed by atoms with Crippen molar-refractivity contribution >= 4 is 99.4 Å². The summed E-state index contributed by atoms with van der Waals surface area (Å²) in [5, 5.41) is 0. The number of hydrogen-bond acceptors (Lipinski definition) is 8. The number of carbonyl (C=O) groups excluding carboxylic acids is 4. The molecule has 0 saturated carbocycles. The average molecular weight is 370 g/mol. The van der Waals surface area contributed by atoms with Crippen LogP contribution in [-0.4, -0.2) is 150 Å². The molecule has 120 valence electrons. The molecule has 10 heteroatoms. The van der Waals surface area contributed by atoms with Crippen molar-refractivity contribution in [3.05, 3.63) is 12.2 Å². The predicted molar refractivity (Wildman–Crippen MR) is 85.5 cm³/mol. The third-order valence-electron chi connectivity index (χ3n) is 1.68. The zero-order chi connectivity index (χ0) is 15.7. The number of nitrogens with zero attached hydrogens (tertiary/aromatic N) is 2. The van der Waals surface area contributed by atoms with Crippen LogP contribution >= 0.6 is 0 Å². The molecule has 0 heterocycles. The first-order chi connectivity index (χ1) is 9.20. The fraction of sp³-hybridized carbons (Fsp3) is 0.500. The molecule has 0 aliphatic carbocycles. The number of carbonyl (C=O) groups is 4. The second-order valence-corrected chi connectivity index (χ2v) is 4.40. The summed E-state index contributed by atoms with van der Waals surface area (Å²) in [6.07, 6.45) is 1.44. The molecule has 0 amide bonds. The Labute approximate surface area is 189 Å². The van der Waals surface area contributed by atoms with Gasteiger partial charge in [-0.3, -0.25) is 19.4 Å². The summed E-state index contributed by atoms with van der Waals surface area (Å²) >= 11 is 0. The average Bonchev–Trinajstić information content (AvgIpc) is 2.23. The van der Waals surface area contributed by atoms with Gasteiger partial charge in [0, 0.05) is 12.2 Å². The molecule has 22 heavy (non-hydrogen) atoms. The Morgan fingerprint density at radius 2 is 1.00 bits per heavy atom. The molecule has 0 aliphatic heterocycles. The Bertz CT molecular complexity index is 386. The molecule has 0 fully saturated rings. The normalized spacial score (nSPS) is 9.91. The van der Waals surface area contributed by atoms with Crippen LogP contribution in [0.5, 0.6) is 0 Å². The van der Waals surface area contributed by atoms with Gasteiger partial charge in [0.2, 0.25) is 0 Å². The molecule has 0 aromatic rings. The van der Waals surface area contributed by atoms with Crippen LogP contribution in [0.25, 0.3) is 0 Å². The third-order valence-corrected chi connectivity index (χ3v) is 1.68. The summed E-state index contributed by atoms with van der Waals surface area (Å²) in [5.41, 5.74) is 0. The summed E-state index contributed by atoms with van der Waals surface area (Å²) in [6, 6.07) is 0. The molecular formula is C12H22Ca2N2O6. The Balaban J connectivity index is -0.00000180. The molecule has 0 aromatic heterocycles. The summed E-state index contributed by atoms with van der Waals surface area (Å²) in [5.74, 6) is -3.51. The molecule has 0 aromatic carbocycles. The van der Waals surface area contributed by atoms with Crippen molar-refractivity contribution in [1.82, 2.24) is 9.80 Å². The van der Waals surface area contributed by atoms with E-state index in [1.165, 1.54) is 9.80 Å². The maximum absolute atomic E-state index is 11.2. The van der Waals surface area contributed by atoms with E-state index in [0.717, 1.165) is 12.2 Å². The van der Waals surface area contributed by atoms with Crippen LogP contribution in [0.4, 0.5) is 0 Å². The van der Waals surface area contributed by atoms with Gasteiger partial charge in [0.25, 0.3) is 0 Å². The minimum atomic E-state index is -1.01. The van der Waals surface area contributed by atoms with Gasteiger partial charge in [-0.25, -0.2) is 9.59 Å². The predicted octanol–water partition coefficient (Wildman–Crippen LogP) is -3.03. The van der Waals surface area contributed by atoms with E-state index < -0.39 is 23.9 Å². The minimum absolute atomic E-state index is 0. The topological polar surface area (TPSA) is 93.2 Å². The molecule has 0 rings (SSSR count). The summed E-state index contributed by atoms with van der Waals surface area (Å²) in [7, 11) is 6.54. The molecule has 8 nitrogen and oxygen atoms in total. The van der Waals surface area contributed by atoms with Crippen molar-refractivity contribution in [3.8, 4) is 0 Å². The number of ether oxygens (including phenoxy) is 2. The van der Waals surface area contributed by atoms with Crippen LogP contribution < -0.4 is 0 Å². The van der Waals surface area contributed by atoms with Crippen LogP contribution in [0.2, 0.25) is 0 Å². The first-order valence-electron chi connectivity index (χ1n) is 5.67. The van der Waals surface area contributed by atoms with Crippen LogP contribution in [-0.2, 0) is 28.7 Å². The van der Waals surface area contributed by atoms with Crippen LogP contribution in [0.1, 0.15) is 0 Å². The SMILES string of the molecule is CN(C)CC(=O)OC(=O)/C=C/C(=O)OC(=O)CN(C)C.[CaH2].[CaH2]. The van der Waals surface area contributed by atoms with Gasteiger partial charge in [0.1, 0.15) is 0 Å². The molecule has 0 radical (unpaired) electrons. The van der Waals surface area contributed by atoms with Crippen molar-refractivity contribution in [1.29, 1.82) is 0 Å². The molecular weight excluding hydrogens is 348 g/mol. The molecule has 0 spiro atoms. The van der Waals surface area contributed by atoms with E-state index >= 15 is 0 Å². The van der Waals surface area contributed by atoms with Crippen molar-refractivity contribution in [2.45, 2.75) is 0 Å². The van der Waals surface area contributed by atoms with E-state index in [1.54, 1.807) is 28.2 Å². The first-order valence-corrected chi connectivity index (χ1v) is 5.67. The van der Waals surface area contributed by atoms with Crippen molar-refractivity contribution in [2.24, 2.45) is 0 Å². The fourth-order valence-corrected chi connectivity index (χ4v) is 1.01. The molecule has 0 atom stereocenters. The molecule has 0 N–H and O–H groups in total. The van der Waals surface area contributed by atoms with Gasteiger partial charge in [-0.1, -0.05) is 0 Å². The van der Waals surface area contributed by atoms with Crippen molar-refractivity contribution in [2.75, 3.05) is 41.3 Å². The fourth-order valence-electron chi connectivity index (χ4n) is 1.01. The number of rotatable bonds is 6. The van der Waals surface area contributed by atoms with Gasteiger partial charge in [0.05, 0.1) is 13.1 Å². The third kappa shape index (κ3) is 16.8. The first kappa shape index (κ1) is 27.3.